The summed E-state index contributed by atoms with van der Waals surface area (Å²) >= 11 is 0. The van der Waals surface area contributed by atoms with Gasteiger partial charge < -0.3 is 9.84 Å². The highest BCUT2D eigenvalue weighted by Gasteiger charge is 2.33. The number of sulfone groups is 1. The summed E-state index contributed by atoms with van der Waals surface area (Å²) in [4.78, 5) is 21.5. The minimum atomic E-state index is -3.04. The normalized spacial score (nSPS) is 25.5. The van der Waals surface area contributed by atoms with Crippen LogP contribution in [-0.2, 0) is 14.6 Å². The average Bonchev–Trinajstić information content (AvgIpc) is 3.28. The maximum atomic E-state index is 12.3. The number of nitrogens with zero attached hydrogens (tertiary/aromatic N) is 3. The van der Waals surface area contributed by atoms with Crippen LogP contribution in [0.3, 0.4) is 0 Å². The number of amides is 1. The number of hydrogen-bond donors (Lipinski definition) is 1. The van der Waals surface area contributed by atoms with Crippen LogP contribution in [0.1, 0.15) is 60.8 Å². The van der Waals surface area contributed by atoms with Gasteiger partial charge in [0, 0.05) is 24.2 Å². The summed E-state index contributed by atoms with van der Waals surface area (Å²) in [7, 11) is -3.04. The second-order valence-electron chi connectivity index (χ2n) is 9.00. The van der Waals surface area contributed by atoms with E-state index < -0.39 is 9.84 Å². The molecular formula is C22H30N4O4S. The molecule has 2 aliphatic rings. The second kappa shape index (κ2) is 8.68. The Kier molecular flexibility index (Phi) is 6.14. The Hall–Kier alpha value is -2.29. The number of hydrogen-bond acceptors (Lipinski definition) is 7. The number of nitrogens with one attached hydrogen (secondary N) is 1. The Bertz CT molecular complexity index is 1070. The highest BCUT2D eigenvalue weighted by Crippen LogP contribution is 2.39. The van der Waals surface area contributed by atoms with E-state index >= 15 is 0 Å². The molecule has 168 valence electrons. The molecule has 1 unspecified atom stereocenters. The molecule has 2 aromatic rings. The molecule has 2 fully saturated rings. The molecule has 9 heteroatoms. The zero-order valence-corrected chi connectivity index (χ0v) is 19.2. The van der Waals surface area contributed by atoms with Crippen molar-refractivity contribution in [3.63, 3.8) is 0 Å². The minimum Gasteiger partial charge on any atom is -0.356 e. The molecule has 1 saturated carbocycles. The molecule has 0 spiro atoms. The molecule has 0 bridgehead atoms. The summed E-state index contributed by atoms with van der Waals surface area (Å²) in [5, 5.41) is 7.08. The van der Waals surface area contributed by atoms with Crippen LogP contribution in [0.25, 0.3) is 11.3 Å². The second-order valence-corrected chi connectivity index (χ2v) is 11.2. The van der Waals surface area contributed by atoms with Crippen molar-refractivity contribution in [3.05, 3.63) is 29.0 Å². The molecule has 31 heavy (non-hydrogen) atoms. The zero-order chi connectivity index (χ0) is 22.2. The first-order valence-electron chi connectivity index (χ1n) is 11.0. The summed E-state index contributed by atoms with van der Waals surface area (Å²) in [5.74, 6) is 1.81. The van der Waals surface area contributed by atoms with Crippen LogP contribution in [0, 0.1) is 32.6 Å². The lowest BCUT2D eigenvalue weighted by Gasteiger charge is -2.29. The van der Waals surface area contributed by atoms with Gasteiger partial charge in [-0.3, -0.25) is 4.79 Å². The van der Waals surface area contributed by atoms with Crippen molar-refractivity contribution in [2.45, 2.75) is 58.8 Å². The quantitative estimate of drug-likeness (QED) is 0.751. The Morgan fingerprint density at radius 1 is 1.16 bits per heavy atom. The van der Waals surface area contributed by atoms with Gasteiger partial charge in [-0.05, 0) is 58.8 Å². The molecule has 1 saturated heterocycles. The fraction of sp³-hybridized carbons (Fsp3) is 0.636. The Morgan fingerprint density at radius 3 is 2.52 bits per heavy atom. The van der Waals surface area contributed by atoms with Crippen LogP contribution in [0.2, 0.25) is 0 Å². The maximum Gasteiger partial charge on any atom is 0.224 e. The maximum absolute atomic E-state index is 12.3. The van der Waals surface area contributed by atoms with E-state index in [1.165, 1.54) is 0 Å². The molecule has 0 radical (unpaired) electrons. The van der Waals surface area contributed by atoms with Gasteiger partial charge in [-0.2, -0.15) is 0 Å². The van der Waals surface area contributed by atoms with E-state index in [2.05, 4.69) is 15.5 Å². The lowest BCUT2D eigenvalue weighted by atomic mass is 9.79. The van der Waals surface area contributed by atoms with Gasteiger partial charge in [0.05, 0.1) is 34.4 Å². The third-order valence-electron chi connectivity index (χ3n) is 6.74. The Labute approximate surface area is 183 Å². The SMILES string of the molecule is Cc1ncc(-c2onc(C)c2C)c(C2CCC(CNC(=O)C3CCS(=O)(=O)C3)CC2)n1. The van der Waals surface area contributed by atoms with Gasteiger partial charge >= 0.3 is 0 Å². The third-order valence-corrected chi connectivity index (χ3v) is 8.51. The first-order chi connectivity index (χ1) is 14.7. The van der Waals surface area contributed by atoms with E-state index in [-0.39, 0.29) is 23.3 Å². The molecule has 1 amide bonds. The predicted octanol–water partition coefficient (Wildman–Crippen LogP) is 2.88. The van der Waals surface area contributed by atoms with Crippen molar-refractivity contribution in [1.29, 1.82) is 0 Å². The largest absolute Gasteiger partial charge is 0.356 e. The van der Waals surface area contributed by atoms with Gasteiger partial charge in [0.25, 0.3) is 0 Å². The fourth-order valence-electron chi connectivity index (χ4n) is 4.67. The molecule has 8 nitrogen and oxygen atoms in total. The summed E-state index contributed by atoms with van der Waals surface area (Å²) < 4.78 is 28.8. The zero-order valence-electron chi connectivity index (χ0n) is 18.3. The van der Waals surface area contributed by atoms with Crippen molar-refractivity contribution >= 4 is 15.7 Å². The minimum absolute atomic E-state index is 0.0120. The molecule has 1 aliphatic carbocycles. The van der Waals surface area contributed by atoms with E-state index in [4.69, 9.17) is 9.51 Å². The average molecular weight is 447 g/mol. The summed E-state index contributed by atoms with van der Waals surface area (Å²) in [6.45, 7) is 6.44. The number of carbonyl (C=O) groups is 1. The van der Waals surface area contributed by atoms with Crippen molar-refractivity contribution in [1.82, 2.24) is 20.4 Å². The van der Waals surface area contributed by atoms with E-state index in [1.807, 2.05) is 27.0 Å². The highest BCUT2D eigenvalue weighted by atomic mass is 32.2. The van der Waals surface area contributed by atoms with Crippen LogP contribution < -0.4 is 5.32 Å². The van der Waals surface area contributed by atoms with E-state index in [9.17, 15) is 13.2 Å². The van der Waals surface area contributed by atoms with Crippen LogP contribution in [0.15, 0.2) is 10.7 Å². The molecule has 2 aromatic heterocycles. The fourth-order valence-corrected chi connectivity index (χ4v) is 6.41. The molecule has 1 N–H and O–H groups in total. The Morgan fingerprint density at radius 2 is 1.90 bits per heavy atom. The summed E-state index contributed by atoms with van der Waals surface area (Å²) in [6, 6.07) is 0. The van der Waals surface area contributed by atoms with Gasteiger partial charge in [-0.15, -0.1) is 0 Å². The van der Waals surface area contributed by atoms with Gasteiger partial charge in [0.1, 0.15) is 5.82 Å². The van der Waals surface area contributed by atoms with Gasteiger partial charge in [-0.1, -0.05) is 5.16 Å². The third kappa shape index (κ3) is 4.81. The first-order valence-corrected chi connectivity index (χ1v) is 12.8. The van der Waals surface area contributed by atoms with E-state index in [0.717, 1.165) is 59.8 Å². The molecule has 4 rings (SSSR count). The molecular weight excluding hydrogens is 416 g/mol. The standard InChI is InChI=1S/C22H30N4O4S/c1-13-14(2)26-30-21(13)19-11-23-15(3)25-20(19)17-6-4-16(5-7-17)10-24-22(27)18-8-9-31(28,29)12-18/h11,16-18H,4-10,12H2,1-3H3,(H,24,27). The highest BCUT2D eigenvalue weighted by molar-refractivity contribution is 7.91. The summed E-state index contributed by atoms with van der Waals surface area (Å²) in [6.07, 6.45) is 6.22. The van der Waals surface area contributed by atoms with Crippen molar-refractivity contribution in [3.8, 4) is 11.3 Å². The van der Waals surface area contributed by atoms with E-state index in [0.29, 0.717) is 24.8 Å². The van der Waals surface area contributed by atoms with Gasteiger partial charge in [0.15, 0.2) is 15.6 Å². The van der Waals surface area contributed by atoms with Crippen LogP contribution in [0.4, 0.5) is 0 Å². The Balaban J connectivity index is 1.38. The topological polar surface area (TPSA) is 115 Å². The monoisotopic (exact) mass is 446 g/mol. The number of carbonyl (C=O) groups excluding carboxylic acids is 1. The van der Waals surface area contributed by atoms with Crippen LogP contribution >= 0.6 is 0 Å². The number of aromatic nitrogens is 3. The predicted molar refractivity (Wildman–Crippen MR) is 116 cm³/mol. The number of rotatable bonds is 5. The molecule has 1 aliphatic heterocycles. The smallest absolute Gasteiger partial charge is 0.224 e. The van der Waals surface area contributed by atoms with Crippen molar-refractivity contribution < 1.29 is 17.7 Å². The first kappa shape index (κ1) is 21.9. The van der Waals surface area contributed by atoms with Crippen molar-refractivity contribution in [2.24, 2.45) is 11.8 Å². The van der Waals surface area contributed by atoms with Crippen molar-refractivity contribution in [2.75, 3.05) is 18.1 Å². The molecule has 1 atom stereocenters. The lowest BCUT2D eigenvalue weighted by molar-refractivity contribution is -0.124. The molecule has 3 heterocycles. The summed E-state index contributed by atoms with van der Waals surface area (Å²) in [5.41, 5.74) is 3.82. The van der Waals surface area contributed by atoms with Crippen LogP contribution in [-0.4, -0.2) is 47.5 Å². The molecule has 0 aromatic carbocycles. The number of aryl methyl sites for hydroxylation is 2. The van der Waals surface area contributed by atoms with E-state index in [1.54, 1.807) is 0 Å². The van der Waals surface area contributed by atoms with Gasteiger partial charge in [-0.25, -0.2) is 18.4 Å². The van der Waals surface area contributed by atoms with Crippen LogP contribution in [0.5, 0.6) is 0 Å². The lowest BCUT2D eigenvalue weighted by Crippen LogP contribution is -2.36. The van der Waals surface area contributed by atoms with Gasteiger partial charge in [0.2, 0.25) is 5.91 Å².